The lowest BCUT2D eigenvalue weighted by Crippen LogP contribution is -2.46. The number of carbonyl (C=O) groups is 1. The second-order valence-electron chi connectivity index (χ2n) is 6.02. The molecule has 2 nitrogen and oxygen atoms in total. The zero-order valence-electron chi connectivity index (χ0n) is 11.4. The van der Waals surface area contributed by atoms with Gasteiger partial charge in [-0.1, -0.05) is 48.5 Å². The average molecular weight is 312 g/mol. The highest BCUT2D eigenvalue weighted by molar-refractivity contribution is 6.42. The van der Waals surface area contributed by atoms with Crippen LogP contribution in [-0.2, 0) is 10.2 Å². The molecule has 2 fully saturated rings. The van der Waals surface area contributed by atoms with Crippen molar-refractivity contribution in [1.29, 1.82) is 0 Å². The van der Waals surface area contributed by atoms with Crippen molar-refractivity contribution in [3.63, 3.8) is 0 Å². The summed E-state index contributed by atoms with van der Waals surface area (Å²) >= 11 is 12.2. The Balaban J connectivity index is 1.94. The van der Waals surface area contributed by atoms with E-state index in [1.165, 1.54) is 6.42 Å². The van der Waals surface area contributed by atoms with E-state index < -0.39 is 5.41 Å². The standard InChI is InChI=1S/C16H19Cl2NO/c17-13-7-4-11(10-14(13)18)16(8-2-1-3-9-16)15(20)19-12-5-6-12/h4,7,10,12H,1-3,5-6,8-9H2,(H,19,20). The first-order valence-corrected chi connectivity index (χ1v) is 8.14. The van der Waals surface area contributed by atoms with Gasteiger partial charge in [0.1, 0.15) is 0 Å². The van der Waals surface area contributed by atoms with E-state index in [9.17, 15) is 4.79 Å². The minimum atomic E-state index is -0.408. The van der Waals surface area contributed by atoms with E-state index in [0.717, 1.165) is 44.1 Å². The van der Waals surface area contributed by atoms with Crippen LogP contribution in [0.2, 0.25) is 10.0 Å². The molecule has 2 saturated carbocycles. The van der Waals surface area contributed by atoms with Crippen LogP contribution in [0.1, 0.15) is 50.5 Å². The normalized spacial score (nSPS) is 21.5. The third-order valence-corrected chi connectivity index (χ3v) is 5.27. The summed E-state index contributed by atoms with van der Waals surface area (Å²) in [6.45, 7) is 0. The fourth-order valence-corrected chi connectivity index (χ4v) is 3.45. The number of rotatable bonds is 3. The molecule has 2 aliphatic carbocycles. The number of amides is 1. The molecule has 0 saturated heterocycles. The third kappa shape index (κ3) is 2.68. The topological polar surface area (TPSA) is 29.1 Å². The number of halogens is 2. The van der Waals surface area contributed by atoms with Crippen LogP contribution in [0.5, 0.6) is 0 Å². The maximum atomic E-state index is 12.8. The van der Waals surface area contributed by atoms with Crippen LogP contribution < -0.4 is 5.32 Å². The van der Waals surface area contributed by atoms with Gasteiger partial charge in [-0.05, 0) is 43.4 Å². The lowest BCUT2D eigenvalue weighted by atomic mass is 9.68. The molecule has 0 atom stereocenters. The van der Waals surface area contributed by atoms with Crippen LogP contribution in [0.15, 0.2) is 18.2 Å². The summed E-state index contributed by atoms with van der Waals surface area (Å²) < 4.78 is 0. The molecular weight excluding hydrogens is 293 g/mol. The number of nitrogens with one attached hydrogen (secondary N) is 1. The third-order valence-electron chi connectivity index (χ3n) is 4.53. The first-order chi connectivity index (χ1) is 9.62. The minimum absolute atomic E-state index is 0.179. The summed E-state index contributed by atoms with van der Waals surface area (Å²) in [5.41, 5.74) is 0.611. The number of hydrogen-bond acceptors (Lipinski definition) is 1. The van der Waals surface area contributed by atoms with Gasteiger partial charge >= 0.3 is 0 Å². The molecule has 4 heteroatoms. The Morgan fingerprint density at radius 3 is 2.40 bits per heavy atom. The SMILES string of the molecule is O=C(NC1CC1)C1(c2ccc(Cl)c(Cl)c2)CCCCC1. The molecule has 0 bridgehead atoms. The molecular formula is C16H19Cl2NO. The monoisotopic (exact) mass is 311 g/mol. The molecule has 1 aromatic carbocycles. The predicted octanol–water partition coefficient (Wildman–Crippen LogP) is 4.47. The molecule has 108 valence electrons. The number of carbonyl (C=O) groups excluding carboxylic acids is 1. The Hall–Kier alpha value is -0.730. The van der Waals surface area contributed by atoms with E-state index in [4.69, 9.17) is 23.2 Å². The zero-order chi connectivity index (χ0) is 14.2. The van der Waals surface area contributed by atoms with Gasteiger partial charge < -0.3 is 5.32 Å². The van der Waals surface area contributed by atoms with Gasteiger partial charge in [0.15, 0.2) is 0 Å². The molecule has 3 rings (SSSR count). The molecule has 1 aromatic rings. The van der Waals surface area contributed by atoms with Gasteiger partial charge in [0, 0.05) is 6.04 Å². The fraction of sp³-hybridized carbons (Fsp3) is 0.562. The van der Waals surface area contributed by atoms with Crippen LogP contribution in [0, 0.1) is 0 Å². The van der Waals surface area contributed by atoms with Crippen molar-refractivity contribution in [1.82, 2.24) is 5.32 Å². The molecule has 0 unspecified atom stereocenters. The van der Waals surface area contributed by atoms with Crippen LogP contribution in [0.4, 0.5) is 0 Å². The molecule has 0 aromatic heterocycles. The molecule has 0 heterocycles. The summed E-state index contributed by atoms with van der Waals surface area (Å²) in [6.07, 6.45) is 7.44. The molecule has 0 aliphatic heterocycles. The van der Waals surface area contributed by atoms with E-state index in [2.05, 4.69) is 5.32 Å². The second kappa shape index (κ2) is 5.57. The van der Waals surface area contributed by atoms with Gasteiger partial charge in [0.25, 0.3) is 0 Å². The molecule has 1 amide bonds. The van der Waals surface area contributed by atoms with Crippen LogP contribution in [0.3, 0.4) is 0 Å². The maximum Gasteiger partial charge on any atom is 0.230 e. The van der Waals surface area contributed by atoms with Crippen molar-refractivity contribution in [2.24, 2.45) is 0 Å². The lowest BCUT2D eigenvalue weighted by Gasteiger charge is -2.36. The van der Waals surface area contributed by atoms with Gasteiger partial charge in [-0.3, -0.25) is 4.79 Å². The van der Waals surface area contributed by atoms with E-state index in [1.807, 2.05) is 12.1 Å². The van der Waals surface area contributed by atoms with E-state index in [-0.39, 0.29) is 5.91 Å². The summed E-state index contributed by atoms with van der Waals surface area (Å²) in [6, 6.07) is 6.04. The quantitative estimate of drug-likeness (QED) is 0.876. The highest BCUT2D eigenvalue weighted by Crippen LogP contribution is 2.42. The number of hydrogen-bond donors (Lipinski definition) is 1. The Kier molecular flexibility index (Phi) is 3.96. The van der Waals surface area contributed by atoms with Crippen molar-refractivity contribution in [2.45, 2.75) is 56.4 Å². The highest BCUT2D eigenvalue weighted by Gasteiger charge is 2.43. The molecule has 0 radical (unpaired) electrons. The van der Waals surface area contributed by atoms with Crippen molar-refractivity contribution < 1.29 is 4.79 Å². The van der Waals surface area contributed by atoms with Gasteiger partial charge in [-0.2, -0.15) is 0 Å². The maximum absolute atomic E-state index is 12.8. The Morgan fingerprint density at radius 1 is 1.10 bits per heavy atom. The van der Waals surface area contributed by atoms with Crippen molar-refractivity contribution in [3.05, 3.63) is 33.8 Å². The fourth-order valence-electron chi connectivity index (χ4n) is 3.15. The lowest BCUT2D eigenvalue weighted by molar-refractivity contribution is -0.128. The number of benzene rings is 1. The summed E-state index contributed by atoms with van der Waals surface area (Å²) in [5, 5.41) is 4.26. The molecule has 20 heavy (non-hydrogen) atoms. The van der Waals surface area contributed by atoms with Crippen LogP contribution >= 0.6 is 23.2 Å². The Morgan fingerprint density at radius 2 is 1.80 bits per heavy atom. The second-order valence-corrected chi connectivity index (χ2v) is 6.83. The predicted molar refractivity (Wildman–Crippen MR) is 82.4 cm³/mol. The van der Waals surface area contributed by atoms with Gasteiger partial charge in [-0.15, -0.1) is 0 Å². The minimum Gasteiger partial charge on any atom is -0.353 e. The van der Waals surface area contributed by atoms with Crippen LogP contribution in [-0.4, -0.2) is 11.9 Å². The van der Waals surface area contributed by atoms with Crippen molar-refractivity contribution in [2.75, 3.05) is 0 Å². The average Bonchev–Trinajstić information content (AvgIpc) is 3.26. The van der Waals surface area contributed by atoms with Gasteiger partial charge in [0.2, 0.25) is 5.91 Å². The van der Waals surface area contributed by atoms with Crippen molar-refractivity contribution >= 4 is 29.1 Å². The Bertz CT molecular complexity index is 519. The Labute approximate surface area is 129 Å². The summed E-state index contributed by atoms with van der Waals surface area (Å²) in [7, 11) is 0. The first kappa shape index (κ1) is 14.2. The van der Waals surface area contributed by atoms with E-state index in [1.54, 1.807) is 6.07 Å². The zero-order valence-corrected chi connectivity index (χ0v) is 12.9. The molecule has 2 aliphatic rings. The molecule has 1 N–H and O–H groups in total. The summed E-state index contributed by atoms with van der Waals surface area (Å²) in [5.74, 6) is 0.179. The summed E-state index contributed by atoms with van der Waals surface area (Å²) in [4.78, 5) is 12.8. The van der Waals surface area contributed by atoms with Gasteiger partial charge in [-0.25, -0.2) is 0 Å². The largest absolute Gasteiger partial charge is 0.353 e. The first-order valence-electron chi connectivity index (χ1n) is 7.38. The smallest absolute Gasteiger partial charge is 0.230 e. The van der Waals surface area contributed by atoms with E-state index >= 15 is 0 Å². The van der Waals surface area contributed by atoms with Crippen molar-refractivity contribution in [3.8, 4) is 0 Å². The molecule has 0 spiro atoms. The highest BCUT2D eigenvalue weighted by atomic mass is 35.5. The van der Waals surface area contributed by atoms with E-state index in [0.29, 0.717) is 16.1 Å². The van der Waals surface area contributed by atoms with Crippen LogP contribution in [0.25, 0.3) is 0 Å². The van der Waals surface area contributed by atoms with Gasteiger partial charge in [0.05, 0.1) is 15.5 Å².